The van der Waals surface area contributed by atoms with Crippen molar-refractivity contribution in [2.75, 3.05) is 31.1 Å². The SMILES string of the molecule is Cc1cccc(N2CCN(C(=O)NC(C)c3ccccc3)CC2)c1. The molecule has 1 heterocycles. The Hall–Kier alpha value is -2.49. The van der Waals surface area contributed by atoms with Gasteiger partial charge in [0.05, 0.1) is 6.04 Å². The van der Waals surface area contributed by atoms with E-state index in [9.17, 15) is 4.79 Å². The molecule has 1 aliphatic heterocycles. The molecule has 0 bridgehead atoms. The van der Waals surface area contributed by atoms with Crippen LogP contribution in [0.1, 0.15) is 24.1 Å². The van der Waals surface area contributed by atoms with E-state index in [1.807, 2.05) is 42.2 Å². The van der Waals surface area contributed by atoms with Gasteiger partial charge in [-0.15, -0.1) is 0 Å². The van der Waals surface area contributed by atoms with Gasteiger partial charge in [-0.25, -0.2) is 4.79 Å². The summed E-state index contributed by atoms with van der Waals surface area (Å²) in [5.74, 6) is 0. The van der Waals surface area contributed by atoms with Gasteiger partial charge in [0.15, 0.2) is 0 Å². The Morgan fingerprint density at radius 2 is 1.71 bits per heavy atom. The Kier molecular flexibility index (Phi) is 5.04. The van der Waals surface area contributed by atoms with Crippen molar-refractivity contribution in [3.05, 3.63) is 65.7 Å². The van der Waals surface area contributed by atoms with Crippen molar-refractivity contribution in [3.8, 4) is 0 Å². The molecule has 2 aromatic carbocycles. The van der Waals surface area contributed by atoms with Crippen LogP contribution in [0.15, 0.2) is 54.6 Å². The van der Waals surface area contributed by atoms with Crippen LogP contribution in [0.25, 0.3) is 0 Å². The third-order valence-electron chi connectivity index (χ3n) is 4.57. The summed E-state index contributed by atoms with van der Waals surface area (Å²) < 4.78 is 0. The number of carbonyl (C=O) groups excluding carboxylic acids is 1. The second-order valence-electron chi connectivity index (χ2n) is 6.39. The highest BCUT2D eigenvalue weighted by molar-refractivity contribution is 5.75. The number of piperazine rings is 1. The molecule has 0 aliphatic carbocycles. The molecule has 2 aromatic rings. The highest BCUT2D eigenvalue weighted by atomic mass is 16.2. The molecule has 4 nitrogen and oxygen atoms in total. The summed E-state index contributed by atoms with van der Waals surface area (Å²) in [5, 5.41) is 3.10. The maximum Gasteiger partial charge on any atom is 0.317 e. The smallest absolute Gasteiger partial charge is 0.317 e. The lowest BCUT2D eigenvalue weighted by molar-refractivity contribution is 0.191. The summed E-state index contributed by atoms with van der Waals surface area (Å²) in [4.78, 5) is 16.7. The summed E-state index contributed by atoms with van der Waals surface area (Å²) >= 11 is 0. The minimum absolute atomic E-state index is 0.0218. The van der Waals surface area contributed by atoms with E-state index in [0.29, 0.717) is 0 Å². The van der Waals surface area contributed by atoms with Crippen LogP contribution in [0, 0.1) is 6.92 Å². The number of carbonyl (C=O) groups is 1. The highest BCUT2D eigenvalue weighted by Crippen LogP contribution is 2.18. The predicted octanol–water partition coefficient (Wildman–Crippen LogP) is 3.59. The minimum atomic E-state index is 0.0218. The first-order valence-corrected chi connectivity index (χ1v) is 8.55. The van der Waals surface area contributed by atoms with Gasteiger partial charge in [0.2, 0.25) is 0 Å². The van der Waals surface area contributed by atoms with Crippen molar-refractivity contribution < 1.29 is 4.79 Å². The van der Waals surface area contributed by atoms with E-state index in [1.54, 1.807) is 0 Å². The second-order valence-corrected chi connectivity index (χ2v) is 6.39. The number of hydrogen-bond donors (Lipinski definition) is 1. The van der Waals surface area contributed by atoms with Gasteiger partial charge >= 0.3 is 6.03 Å². The Morgan fingerprint density at radius 3 is 2.38 bits per heavy atom. The van der Waals surface area contributed by atoms with Gasteiger partial charge in [-0.1, -0.05) is 42.5 Å². The molecule has 0 spiro atoms. The number of aryl methyl sites for hydroxylation is 1. The van der Waals surface area contributed by atoms with Gasteiger partial charge in [0, 0.05) is 31.9 Å². The number of anilines is 1. The van der Waals surface area contributed by atoms with Crippen LogP contribution in [0.5, 0.6) is 0 Å². The number of rotatable bonds is 3. The van der Waals surface area contributed by atoms with Crippen molar-refractivity contribution >= 4 is 11.7 Å². The molecule has 0 radical (unpaired) electrons. The molecule has 1 saturated heterocycles. The predicted molar refractivity (Wildman–Crippen MR) is 98.4 cm³/mol. The maximum atomic E-state index is 12.5. The molecule has 24 heavy (non-hydrogen) atoms. The third-order valence-corrected chi connectivity index (χ3v) is 4.57. The fourth-order valence-corrected chi connectivity index (χ4v) is 3.09. The highest BCUT2D eigenvalue weighted by Gasteiger charge is 2.22. The van der Waals surface area contributed by atoms with Crippen molar-refractivity contribution in [3.63, 3.8) is 0 Å². The van der Waals surface area contributed by atoms with Gasteiger partial charge in [0.1, 0.15) is 0 Å². The zero-order chi connectivity index (χ0) is 16.9. The molecule has 0 aromatic heterocycles. The average Bonchev–Trinajstić information content (AvgIpc) is 2.62. The minimum Gasteiger partial charge on any atom is -0.368 e. The van der Waals surface area contributed by atoms with E-state index >= 15 is 0 Å². The Labute approximate surface area is 144 Å². The van der Waals surface area contributed by atoms with Crippen LogP contribution < -0.4 is 10.2 Å². The van der Waals surface area contributed by atoms with Gasteiger partial charge in [-0.05, 0) is 37.1 Å². The molecule has 1 fully saturated rings. The van der Waals surface area contributed by atoms with Gasteiger partial charge < -0.3 is 15.1 Å². The quantitative estimate of drug-likeness (QED) is 0.937. The first-order valence-electron chi connectivity index (χ1n) is 8.55. The monoisotopic (exact) mass is 323 g/mol. The third kappa shape index (κ3) is 3.88. The van der Waals surface area contributed by atoms with Crippen molar-refractivity contribution in [2.24, 2.45) is 0 Å². The molecule has 3 rings (SSSR count). The van der Waals surface area contributed by atoms with Crippen LogP contribution >= 0.6 is 0 Å². The lowest BCUT2D eigenvalue weighted by Crippen LogP contribution is -2.52. The number of benzene rings is 2. The van der Waals surface area contributed by atoms with Crippen LogP contribution in [0.2, 0.25) is 0 Å². The van der Waals surface area contributed by atoms with E-state index in [4.69, 9.17) is 0 Å². The zero-order valence-electron chi connectivity index (χ0n) is 14.4. The van der Waals surface area contributed by atoms with Crippen LogP contribution in [0.3, 0.4) is 0 Å². The Bertz CT molecular complexity index is 678. The van der Waals surface area contributed by atoms with Crippen molar-refractivity contribution in [2.45, 2.75) is 19.9 Å². The molecule has 1 unspecified atom stereocenters. The standard InChI is InChI=1S/C20H25N3O/c1-16-7-6-10-19(15-16)22-11-13-23(14-12-22)20(24)21-17(2)18-8-4-3-5-9-18/h3-10,15,17H,11-14H2,1-2H3,(H,21,24). The summed E-state index contributed by atoms with van der Waals surface area (Å²) in [6, 6.07) is 18.7. The summed E-state index contributed by atoms with van der Waals surface area (Å²) in [6.07, 6.45) is 0. The number of hydrogen-bond acceptors (Lipinski definition) is 2. The summed E-state index contributed by atoms with van der Waals surface area (Å²) in [5.41, 5.74) is 3.64. The van der Waals surface area contributed by atoms with Crippen LogP contribution in [0.4, 0.5) is 10.5 Å². The molecule has 1 aliphatic rings. The lowest BCUT2D eigenvalue weighted by Gasteiger charge is -2.36. The number of nitrogens with one attached hydrogen (secondary N) is 1. The maximum absolute atomic E-state index is 12.5. The molecular weight excluding hydrogens is 298 g/mol. The largest absolute Gasteiger partial charge is 0.368 e. The zero-order valence-corrected chi connectivity index (χ0v) is 14.4. The second kappa shape index (κ2) is 7.39. The van der Waals surface area contributed by atoms with Crippen molar-refractivity contribution in [1.82, 2.24) is 10.2 Å². The van der Waals surface area contributed by atoms with Gasteiger partial charge in [-0.2, -0.15) is 0 Å². The van der Waals surface area contributed by atoms with Gasteiger partial charge in [-0.3, -0.25) is 0 Å². The molecule has 1 N–H and O–H groups in total. The fraction of sp³-hybridized carbons (Fsp3) is 0.350. The van der Waals surface area contributed by atoms with E-state index in [1.165, 1.54) is 11.3 Å². The van der Waals surface area contributed by atoms with Gasteiger partial charge in [0.25, 0.3) is 0 Å². The lowest BCUT2D eigenvalue weighted by atomic mass is 10.1. The van der Waals surface area contributed by atoms with E-state index in [0.717, 1.165) is 31.7 Å². The molecule has 1 atom stereocenters. The normalized spacial score (nSPS) is 15.9. The van der Waals surface area contributed by atoms with Crippen molar-refractivity contribution in [1.29, 1.82) is 0 Å². The summed E-state index contributed by atoms with van der Waals surface area (Å²) in [6.45, 7) is 7.38. The molecule has 4 heteroatoms. The van der Waals surface area contributed by atoms with Crippen LogP contribution in [-0.4, -0.2) is 37.1 Å². The fourth-order valence-electron chi connectivity index (χ4n) is 3.09. The first kappa shape index (κ1) is 16.4. The van der Waals surface area contributed by atoms with E-state index in [2.05, 4.69) is 41.4 Å². The molecule has 2 amide bonds. The number of urea groups is 1. The molecule has 126 valence electrons. The molecular formula is C20H25N3O. The van der Waals surface area contributed by atoms with E-state index < -0.39 is 0 Å². The first-order chi connectivity index (χ1) is 11.6. The number of amides is 2. The number of nitrogens with zero attached hydrogens (tertiary/aromatic N) is 2. The Morgan fingerprint density at radius 1 is 1.00 bits per heavy atom. The topological polar surface area (TPSA) is 35.6 Å². The average molecular weight is 323 g/mol. The van der Waals surface area contributed by atoms with Crippen LogP contribution in [-0.2, 0) is 0 Å². The molecule has 0 saturated carbocycles. The summed E-state index contributed by atoms with van der Waals surface area (Å²) in [7, 11) is 0. The Balaban J connectivity index is 1.53. The van der Waals surface area contributed by atoms with E-state index in [-0.39, 0.29) is 12.1 Å².